The van der Waals surface area contributed by atoms with E-state index < -0.39 is 0 Å². The highest BCUT2D eigenvalue weighted by molar-refractivity contribution is 8.00. The Labute approximate surface area is 218 Å². The minimum Gasteiger partial charge on any atom is -0.342 e. The highest BCUT2D eigenvalue weighted by atomic mass is 32.2. The van der Waals surface area contributed by atoms with Gasteiger partial charge in [-0.05, 0) is 74.6 Å². The Hall–Kier alpha value is -2.42. The smallest absolute Gasteiger partial charge is 0.321 e. The maximum absolute atomic E-state index is 12.9. The Morgan fingerprint density at radius 3 is 2.44 bits per heavy atom. The molecule has 4 aliphatic rings. The number of carbonyl (C=O) groups excluding carboxylic acids is 3. The minimum absolute atomic E-state index is 0.0273. The van der Waals surface area contributed by atoms with Gasteiger partial charge in [0.2, 0.25) is 5.91 Å². The minimum atomic E-state index is -0.0405. The van der Waals surface area contributed by atoms with Crippen LogP contribution in [0.3, 0.4) is 0 Å². The van der Waals surface area contributed by atoms with Gasteiger partial charge in [0.1, 0.15) is 0 Å². The molecule has 0 unspecified atom stereocenters. The number of rotatable bonds is 6. The van der Waals surface area contributed by atoms with Crippen LogP contribution in [0.2, 0.25) is 0 Å². The van der Waals surface area contributed by atoms with Crippen molar-refractivity contribution in [1.82, 2.24) is 20.4 Å². The van der Waals surface area contributed by atoms with Gasteiger partial charge >= 0.3 is 12.1 Å². The number of aryl methyl sites for hydroxylation is 2. The van der Waals surface area contributed by atoms with Gasteiger partial charge in [-0.2, -0.15) is 11.8 Å². The lowest BCUT2D eigenvalue weighted by atomic mass is 9.78. The SMILES string of the molecule is Cc1cc(C)cc(NC(=O)N2CCC3(CCN(C(=O)CCCC[C@@H]4SC[C@@H]5NC(=O)N[C@@H]54)C3)CC2)c1. The van der Waals surface area contributed by atoms with Crippen LogP contribution in [-0.2, 0) is 4.79 Å². The van der Waals surface area contributed by atoms with Crippen LogP contribution < -0.4 is 16.0 Å². The lowest BCUT2D eigenvalue weighted by Gasteiger charge is -2.39. The summed E-state index contributed by atoms with van der Waals surface area (Å²) >= 11 is 1.93. The molecule has 1 aromatic carbocycles. The van der Waals surface area contributed by atoms with E-state index in [1.807, 2.05) is 42.6 Å². The van der Waals surface area contributed by atoms with Crippen LogP contribution in [0.5, 0.6) is 0 Å². The molecule has 9 heteroatoms. The quantitative estimate of drug-likeness (QED) is 0.398. The van der Waals surface area contributed by atoms with E-state index in [1.54, 1.807) is 0 Å². The number of carbonyl (C=O) groups is 3. The number of nitrogens with zero attached hydrogens (tertiary/aromatic N) is 2. The third kappa shape index (κ3) is 5.61. The van der Waals surface area contributed by atoms with Crippen molar-refractivity contribution in [3.63, 3.8) is 0 Å². The van der Waals surface area contributed by atoms with E-state index in [4.69, 9.17) is 0 Å². The predicted octanol–water partition coefficient (Wildman–Crippen LogP) is 3.88. The van der Waals surface area contributed by atoms with Crippen LogP contribution in [0.1, 0.15) is 56.1 Å². The highest BCUT2D eigenvalue weighted by Crippen LogP contribution is 2.41. The summed E-state index contributed by atoms with van der Waals surface area (Å²) in [5.74, 6) is 1.25. The Morgan fingerprint density at radius 2 is 1.72 bits per heavy atom. The molecule has 4 heterocycles. The van der Waals surface area contributed by atoms with Crippen molar-refractivity contribution in [1.29, 1.82) is 0 Å². The number of urea groups is 2. The number of hydrogen-bond acceptors (Lipinski definition) is 4. The predicted molar refractivity (Wildman–Crippen MR) is 143 cm³/mol. The summed E-state index contributed by atoms with van der Waals surface area (Å²) in [6.07, 6.45) is 6.54. The number of unbranched alkanes of at least 4 members (excludes halogenated alkanes) is 1. The number of likely N-dealkylation sites (tertiary alicyclic amines) is 2. The fraction of sp³-hybridized carbons (Fsp3) is 0.667. The molecule has 8 nitrogen and oxygen atoms in total. The average molecular weight is 514 g/mol. The standard InChI is InChI=1S/C27H39N5O3S/c1-18-13-19(2)15-20(14-18)28-26(35)31-10-7-27(8-11-31)9-12-32(17-27)23(33)6-4-3-5-22-24-21(16-36-22)29-25(34)30-24/h13-15,21-22,24H,3-12,16-17H2,1-2H3,(H,28,35)(H2,29,30,34)/t21-,22-,24-/m0/s1. The fourth-order valence-corrected chi connectivity index (χ4v) is 7.96. The molecule has 4 aliphatic heterocycles. The number of thioether (sulfide) groups is 1. The van der Waals surface area contributed by atoms with E-state index in [0.29, 0.717) is 11.7 Å². The molecule has 1 spiro atoms. The molecule has 36 heavy (non-hydrogen) atoms. The zero-order chi connectivity index (χ0) is 25.3. The molecule has 4 fully saturated rings. The maximum Gasteiger partial charge on any atom is 0.321 e. The molecule has 0 aliphatic carbocycles. The van der Waals surface area contributed by atoms with E-state index in [1.165, 1.54) is 0 Å². The Morgan fingerprint density at radius 1 is 1.03 bits per heavy atom. The maximum atomic E-state index is 12.9. The third-order valence-electron chi connectivity index (χ3n) is 8.44. The summed E-state index contributed by atoms with van der Waals surface area (Å²) in [5, 5.41) is 9.55. The first-order valence-electron chi connectivity index (χ1n) is 13.4. The summed E-state index contributed by atoms with van der Waals surface area (Å²) < 4.78 is 0. The molecule has 0 radical (unpaired) electrons. The monoisotopic (exact) mass is 513 g/mol. The van der Waals surface area contributed by atoms with Crippen LogP contribution in [0, 0.1) is 19.3 Å². The second kappa shape index (κ2) is 10.5. The van der Waals surface area contributed by atoms with Gasteiger partial charge in [0.25, 0.3) is 0 Å². The molecule has 3 N–H and O–H groups in total. The second-order valence-corrected chi connectivity index (χ2v) is 12.5. The van der Waals surface area contributed by atoms with Gasteiger partial charge in [0.05, 0.1) is 12.1 Å². The van der Waals surface area contributed by atoms with Crippen molar-refractivity contribution in [2.45, 2.75) is 76.1 Å². The molecule has 1 aromatic rings. The number of hydrogen-bond donors (Lipinski definition) is 3. The topological polar surface area (TPSA) is 93.8 Å². The summed E-state index contributed by atoms with van der Waals surface area (Å²) in [6, 6.07) is 6.55. The third-order valence-corrected chi connectivity index (χ3v) is 9.95. The fourth-order valence-electron chi connectivity index (χ4n) is 6.41. The number of benzene rings is 1. The van der Waals surface area contributed by atoms with Crippen molar-refractivity contribution in [2.24, 2.45) is 5.41 Å². The van der Waals surface area contributed by atoms with Crippen molar-refractivity contribution in [3.05, 3.63) is 29.3 Å². The number of fused-ring (bicyclic) bond motifs is 1. The molecular weight excluding hydrogens is 474 g/mol. The lowest BCUT2D eigenvalue weighted by molar-refractivity contribution is -0.130. The van der Waals surface area contributed by atoms with E-state index >= 15 is 0 Å². The van der Waals surface area contributed by atoms with E-state index in [0.717, 1.165) is 87.3 Å². The van der Waals surface area contributed by atoms with Gasteiger partial charge in [-0.25, -0.2) is 9.59 Å². The highest BCUT2D eigenvalue weighted by Gasteiger charge is 2.44. The van der Waals surface area contributed by atoms with Gasteiger partial charge in [0.15, 0.2) is 0 Å². The molecule has 0 aromatic heterocycles. The first kappa shape index (κ1) is 25.2. The number of nitrogens with one attached hydrogen (secondary N) is 3. The summed E-state index contributed by atoms with van der Waals surface area (Å²) in [4.78, 5) is 41.2. The van der Waals surface area contributed by atoms with Crippen LogP contribution >= 0.6 is 11.8 Å². The molecule has 5 amide bonds. The molecule has 196 valence electrons. The van der Waals surface area contributed by atoms with E-state index in [2.05, 4.69) is 26.9 Å². The molecule has 0 saturated carbocycles. The Balaban J connectivity index is 1.02. The van der Waals surface area contributed by atoms with Crippen molar-refractivity contribution < 1.29 is 14.4 Å². The van der Waals surface area contributed by atoms with Crippen molar-refractivity contribution in [2.75, 3.05) is 37.2 Å². The van der Waals surface area contributed by atoms with Gasteiger partial charge in [-0.1, -0.05) is 12.5 Å². The van der Waals surface area contributed by atoms with E-state index in [9.17, 15) is 14.4 Å². The normalized spacial score (nSPS) is 26.6. The largest absolute Gasteiger partial charge is 0.342 e. The summed E-state index contributed by atoms with van der Waals surface area (Å²) in [6.45, 7) is 7.23. The molecule has 4 saturated heterocycles. The van der Waals surface area contributed by atoms with Gasteiger partial charge < -0.3 is 25.8 Å². The van der Waals surface area contributed by atoms with Crippen molar-refractivity contribution >= 4 is 35.4 Å². The Bertz CT molecular complexity index is 989. The van der Waals surface area contributed by atoms with Crippen molar-refractivity contribution in [3.8, 4) is 0 Å². The van der Waals surface area contributed by atoms with Crippen LogP contribution in [0.15, 0.2) is 18.2 Å². The first-order valence-corrected chi connectivity index (χ1v) is 14.5. The number of piperidine rings is 1. The van der Waals surface area contributed by atoms with Gasteiger partial charge in [0, 0.05) is 49.3 Å². The summed E-state index contributed by atoms with van der Waals surface area (Å²) in [5.41, 5.74) is 3.30. The molecule has 5 rings (SSSR count). The van der Waals surface area contributed by atoms with Gasteiger partial charge in [-0.15, -0.1) is 0 Å². The van der Waals surface area contributed by atoms with Gasteiger partial charge in [-0.3, -0.25) is 4.79 Å². The zero-order valence-corrected chi connectivity index (χ0v) is 22.3. The molecular formula is C27H39N5O3S. The second-order valence-electron chi connectivity index (χ2n) is 11.2. The zero-order valence-electron chi connectivity index (χ0n) is 21.5. The lowest BCUT2D eigenvalue weighted by Crippen LogP contribution is -2.46. The average Bonchev–Trinajstić information content (AvgIpc) is 3.51. The molecule has 0 bridgehead atoms. The van der Waals surface area contributed by atoms with Crippen LogP contribution in [0.25, 0.3) is 0 Å². The number of anilines is 1. The molecule has 3 atom stereocenters. The first-order chi connectivity index (χ1) is 17.3. The summed E-state index contributed by atoms with van der Waals surface area (Å²) in [7, 11) is 0. The Kier molecular flexibility index (Phi) is 7.37. The number of amides is 5. The van der Waals surface area contributed by atoms with Crippen LogP contribution in [-0.4, -0.2) is 77.0 Å². The van der Waals surface area contributed by atoms with E-state index in [-0.39, 0.29) is 35.5 Å². The van der Waals surface area contributed by atoms with Crippen LogP contribution in [0.4, 0.5) is 15.3 Å².